The van der Waals surface area contributed by atoms with Crippen LogP contribution >= 0.6 is 0 Å². The van der Waals surface area contributed by atoms with Gasteiger partial charge in [-0.25, -0.2) is 0 Å². The van der Waals surface area contributed by atoms with Crippen molar-refractivity contribution in [2.75, 3.05) is 13.1 Å². The maximum atomic E-state index is 11.1. The average molecular weight is 234 g/mol. The maximum absolute atomic E-state index is 11.1. The highest BCUT2D eigenvalue weighted by Gasteiger charge is 2.69. The van der Waals surface area contributed by atoms with Crippen LogP contribution in [0.15, 0.2) is 0 Å². The predicted molar refractivity (Wildman–Crippen MR) is 65.6 cm³/mol. The van der Waals surface area contributed by atoms with Gasteiger partial charge in [-0.15, -0.1) is 0 Å². The average Bonchev–Trinajstić information content (AvgIpc) is 2.75. The van der Waals surface area contributed by atoms with Gasteiger partial charge in [-0.1, -0.05) is 6.42 Å². The van der Waals surface area contributed by atoms with Crippen LogP contribution in [-0.2, 0) is 4.79 Å². The van der Waals surface area contributed by atoms with E-state index >= 15 is 0 Å². The molecule has 0 N–H and O–H groups in total. The number of carbonyl (C=O) groups is 1. The third-order valence-corrected chi connectivity index (χ3v) is 6.07. The Balaban J connectivity index is 1.50. The van der Waals surface area contributed by atoms with Crippen LogP contribution in [0, 0.1) is 5.41 Å². The summed E-state index contributed by atoms with van der Waals surface area (Å²) in [6.45, 7) is 2.61. The van der Waals surface area contributed by atoms with E-state index in [0.29, 0.717) is 17.5 Å². The number of amides is 1. The van der Waals surface area contributed by atoms with Crippen molar-refractivity contribution in [1.82, 2.24) is 9.80 Å². The number of likely N-dealkylation sites (tertiary alicyclic amines) is 2. The monoisotopic (exact) mass is 234 g/mol. The molecule has 2 heterocycles. The fourth-order valence-corrected chi connectivity index (χ4v) is 5.13. The molecule has 2 saturated carbocycles. The fraction of sp³-hybridized carbons (Fsp3) is 0.929. The van der Waals surface area contributed by atoms with E-state index in [4.69, 9.17) is 0 Å². The van der Waals surface area contributed by atoms with Gasteiger partial charge in [0.2, 0.25) is 6.41 Å². The fourth-order valence-electron chi connectivity index (χ4n) is 5.13. The van der Waals surface area contributed by atoms with Crippen LogP contribution in [-0.4, -0.2) is 47.4 Å². The third-order valence-electron chi connectivity index (χ3n) is 6.07. The molecule has 4 atom stereocenters. The van der Waals surface area contributed by atoms with Crippen LogP contribution in [0.4, 0.5) is 0 Å². The molecule has 3 nitrogen and oxygen atoms in total. The molecule has 17 heavy (non-hydrogen) atoms. The molecule has 0 aromatic carbocycles. The zero-order valence-electron chi connectivity index (χ0n) is 10.5. The maximum Gasteiger partial charge on any atom is 0.210 e. The summed E-state index contributed by atoms with van der Waals surface area (Å²) < 4.78 is 0. The summed E-state index contributed by atoms with van der Waals surface area (Å²) in [7, 11) is 0. The minimum atomic E-state index is 0.572. The van der Waals surface area contributed by atoms with E-state index in [1.165, 1.54) is 58.0 Å². The highest BCUT2D eigenvalue weighted by molar-refractivity contribution is 5.54. The molecule has 94 valence electrons. The van der Waals surface area contributed by atoms with Crippen molar-refractivity contribution in [3.05, 3.63) is 0 Å². The van der Waals surface area contributed by atoms with Crippen LogP contribution in [0.2, 0.25) is 0 Å². The van der Waals surface area contributed by atoms with Gasteiger partial charge in [-0.3, -0.25) is 4.79 Å². The topological polar surface area (TPSA) is 23.6 Å². The molecule has 0 bridgehead atoms. The van der Waals surface area contributed by atoms with Gasteiger partial charge in [0.25, 0.3) is 0 Å². The van der Waals surface area contributed by atoms with Crippen LogP contribution < -0.4 is 0 Å². The zero-order chi connectivity index (χ0) is 11.5. The van der Waals surface area contributed by atoms with E-state index in [-0.39, 0.29) is 0 Å². The molecule has 0 radical (unpaired) electrons. The minimum Gasteiger partial charge on any atom is -0.338 e. The van der Waals surface area contributed by atoms with E-state index < -0.39 is 0 Å². The van der Waals surface area contributed by atoms with Gasteiger partial charge in [0.1, 0.15) is 0 Å². The van der Waals surface area contributed by atoms with Crippen molar-refractivity contribution < 1.29 is 4.79 Å². The Morgan fingerprint density at radius 3 is 2.59 bits per heavy atom. The van der Waals surface area contributed by atoms with Crippen LogP contribution in [0.3, 0.4) is 0 Å². The first-order chi connectivity index (χ1) is 8.35. The lowest BCUT2D eigenvalue weighted by molar-refractivity contribution is -0.187. The van der Waals surface area contributed by atoms with E-state index in [1.807, 2.05) is 0 Å². The first kappa shape index (κ1) is 10.4. The summed E-state index contributed by atoms with van der Waals surface area (Å²) in [6.07, 6.45) is 10.6. The third kappa shape index (κ3) is 1.19. The van der Waals surface area contributed by atoms with Crippen molar-refractivity contribution in [1.29, 1.82) is 0 Å². The molecule has 3 heteroatoms. The largest absolute Gasteiger partial charge is 0.338 e. The molecule has 2 aliphatic heterocycles. The summed E-state index contributed by atoms with van der Waals surface area (Å²) in [6, 6.07) is 2.01. The number of rotatable bonds is 2. The first-order valence-electron chi connectivity index (χ1n) is 7.32. The second kappa shape index (κ2) is 3.47. The molecule has 4 aliphatic rings. The normalized spacial score (nSPS) is 48.9. The molecule has 1 amide bonds. The van der Waals surface area contributed by atoms with Crippen molar-refractivity contribution in [3.8, 4) is 0 Å². The lowest BCUT2D eigenvalue weighted by Gasteiger charge is -2.67. The second-order valence-corrected chi connectivity index (χ2v) is 6.55. The summed E-state index contributed by atoms with van der Waals surface area (Å²) in [5, 5.41) is 0. The van der Waals surface area contributed by atoms with E-state index in [2.05, 4.69) is 9.80 Å². The van der Waals surface area contributed by atoms with Gasteiger partial charge in [0.15, 0.2) is 0 Å². The first-order valence-corrected chi connectivity index (χ1v) is 7.32. The minimum absolute atomic E-state index is 0.572. The van der Waals surface area contributed by atoms with E-state index in [9.17, 15) is 4.79 Å². The number of piperidine rings is 2. The Labute approximate surface area is 103 Å². The Bertz CT molecular complexity index is 339. The highest BCUT2D eigenvalue weighted by atomic mass is 16.1. The van der Waals surface area contributed by atoms with Gasteiger partial charge in [-0.05, 0) is 51.6 Å². The van der Waals surface area contributed by atoms with Gasteiger partial charge >= 0.3 is 0 Å². The number of carbonyl (C=O) groups excluding carboxylic acids is 1. The Morgan fingerprint density at radius 1 is 1.12 bits per heavy atom. The molecule has 2 aliphatic carbocycles. The highest BCUT2D eigenvalue weighted by Crippen LogP contribution is 2.65. The molecule has 1 spiro atoms. The SMILES string of the molecule is O=CN1C2CCC23CC(N2CCCCC2)CC13. The Hall–Kier alpha value is -0.570. The van der Waals surface area contributed by atoms with Gasteiger partial charge in [0, 0.05) is 23.5 Å². The summed E-state index contributed by atoms with van der Waals surface area (Å²) >= 11 is 0. The molecular weight excluding hydrogens is 212 g/mol. The van der Waals surface area contributed by atoms with Gasteiger partial charge in [-0.2, -0.15) is 0 Å². The van der Waals surface area contributed by atoms with Crippen LogP contribution in [0.5, 0.6) is 0 Å². The molecule has 2 saturated heterocycles. The van der Waals surface area contributed by atoms with Crippen LogP contribution in [0.1, 0.15) is 44.9 Å². The number of nitrogens with zero attached hydrogens (tertiary/aromatic N) is 2. The smallest absolute Gasteiger partial charge is 0.210 e. The van der Waals surface area contributed by atoms with Crippen molar-refractivity contribution in [3.63, 3.8) is 0 Å². The molecule has 0 aromatic heterocycles. The van der Waals surface area contributed by atoms with Crippen LogP contribution in [0.25, 0.3) is 0 Å². The second-order valence-electron chi connectivity index (χ2n) is 6.55. The summed E-state index contributed by atoms with van der Waals surface area (Å²) in [5.74, 6) is 0. The van der Waals surface area contributed by atoms with Crippen molar-refractivity contribution in [2.45, 2.75) is 63.1 Å². The van der Waals surface area contributed by atoms with Gasteiger partial charge < -0.3 is 9.80 Å². The summed E-state index contributed by atoms with van der Waals surface area (Å²) in [4.78, 5) is 16.0. The molecule has 4 unspecified atom stereocenters. The molecule has 4 fully saturated rings. The summed E-state index contributed by atoms with van der Waals surface area (Å²) in [5.41, 5.74) is 0.572. The zero-order valence-corrected chi connectivity index (χ0v) is 10.5. The standard InChI is InChI=1S/C14H22N2O/c17-10-16-12-4-5-14(12)9-11(8-13(14)16)15-6-2-1-3-7-15/h10-13H,1-9H2. The number of hydrogen-bond acceptors (Lipinski definition) is 2. The van der Waals surface area contributed by atoms with E-state index in [0.717, 1.165) is 12.5 Å². The molecule has 4 rings (SSSR count). The van der Waals surface area contributed by atoms with Crippen molar-refractivity contribution >= 4 is 6.41 Å². The predicted octanol–water partition coefficient (Wildman–Crippen LogP) is 1.62. The Morgan fingerprint density at radius 2 is 1.94 bits per heavy atom. The van der Waals surface area contributed by atoms with Gasteiger partial charge in [0.05, 0.1) is 0 Å². The number of hydrogen-bond donors (Lipinski definition) is 0. The van der Waals surface area contributed by atoms with Crippen molar-refractivity contribution in [2.24, 2.45) is 5.41 Å². The molecule has 0 aromatic rings. The lowest BCUT2D eigenvalue weighted by atomic mass is 9.53. The van der Waals surface area contributed by atoms with E-state index in [1.54, 1.807) is 0 Å². The quantitative estimate of drug-likeness (QED) is 0.678. The lowest BCUT2D eigenvalue weighted by Crippen LogP contribution is -2.74. The molecular formula is C14H22N2O. The Kier molecular flexibility index (Phi) is 2.11.